The summed E-state index contributed by atoms with van der Waals surface area (Å²) in [5.41, 5.74) is 3.86. The summed E-state index contributed by atoms with van der Waals surface area (Å²) in [7, 11) is 1.65. The molecule has 0 saturated heterocycles. The van der Waals surface area contributed by atoms with Gasteiger partial charge in [0.05, 0.1) is 18.9 Å². The number of carbonyl (C=O) groups is 1. The first-order chi connectivity index (χ1) is 10.6. The molecule has 4 heteroatoms. The minimum Gasteiger partial charge on any atom is -0.497 e. The Morgan fingerprint density at radius 2 is 1.91 bits per heavy atom. The smallest absolute Gasteiger partial charge is 0.240 e. The lowest BCUT2D eigenvalue weighted by Gasteiger charge is -2.31. The molecule has 0 bridgehead atoms. The van der Waals surface area contributed by atoms with Crippen molar-refractivity contribution in [3.05, 3.63) is 65.2 Å². The van der Waals surface area contributed by atoms with Gasteiger partial charge in [0.2, 0.25) is 5.91 Å². The number of amides is 1. The number of nitrogens with zero attached hydrogens (tertiary/aromatic N) is 2. The molecule has 1 unspecified atom stereocenters. The summed E-state index contributed by atoms with van der Waals surface area (Å²) in [5.74, 6) is 0.716. The third-order valence-electron chi connectivity index (χ3n) is 3.91. The molecule has 1 atom stereocenters. The molecule has 1 aliphatic heterocycles. The highest BCUT2D eigenvalue weighted by Crippen LogP contribution is 2.33. The predicted molar refractivity (Wildman–Crippen MR) is 86.0 cm³/mol. The van der Waals surface area contributed by atoms with Gasteiger partial charge >= 0.3 is 0 Å². The highest BCUT2D eigenvalue weighted by molar-refractivity contribution is 6.14. The summed E-state index contributed by atoms with van der Waals surface area (Å²) >= 11 is 0. The predicted octanol–water partition coefficient (Wildman–Crippen LogP) is 3.37. The molecule has 1 amide bonds. The second kappa shape index (κ2) is 5.64. The summed E-state index contributed by atoms with van der Waals surface area (Å²) < 4.78 is 5.34. The summed E-state index contributed by atoms with van der Waals surface area (Å²) in [6.07, 6.45) is 0. The van der Waals surface area contributed by atoms with Crippen molar-refractivity contribution >= 4 is 11.6 Å². The minimum atomic E-state index is -0.0918. The summed E-state index contributed by atoms with van der Waals surface area (Å²) in [6.45, 7) is 3.52. The van der Waals surface area contributed by atoms with Crippen LogP contribution in [0.25, 0.3) is 0 Å². The number of hydrazone groups is 1. The maximum Gasteiger partial charge on any atom is 0.240 e. The zero-order valence-electron chi connectivity index (χ0n) is 12.9. The van der Waals surface area contributed by atoms with Crippen LogP contribution in [-0.4, -0.2) is 23.7 Å². The molecule has 0 radical (unpaired) electrons. The van der Waals surface area contributed by atoms with Crippen molar-refractivity contribution in [2.45, 2.75) is 19.9 Å². The van der Waals surface area contributed by atoms with E-state index in [2.05, 4.69) is 5.10 Å². The Balaban J connectivity index is 2.21. The van der Waals surface area contributed by atoms with E-state index in [4.69, 9.17) is 4.74 Å². The Labute approximate surface area is 130 Å². The molecule has 0 saturated carbocycles. The summed E-state index contributed by atoms with van der Waals surface area (Å²) in [6, 6.07) is 15.7. The number of benzene rings is 2. The van der Waals surface area contributed by atoms with E-state index >= 15 is 0 Å². The SMILES string of the molecule is COc1ccc2c(c1)C(c1ccccc1)=NN(C(C)=O)C2C. The molecule has 1 heterocycles. The minimum absolute atomic E-state index is 0.0672. The Morgan fingerprint density at radius 3 is 2.55 bits per heavy atom. The first kappa shape index (κ1) is 14.3. The van der Waals surface area contributed by atoms with Crippen LogP contribution in [0, 0.1) is 0 Å². The standard InChI is InChI=1S/C18H18N2O2/c1-12-16-10-9-15(22-3)11-17(16)18(19-20(12)13(2)21)14-7-5-4-6-8-14/h4-12H,1-3H3. The molecule has 0 N–H and O–H groups in total. The van der Waals surface area contributed by atoms with Gasteiger partial charge in [0.1, 0.15) is 5.75 Å². The average Bonchev–Trinajstić information content (AvgIpc) is 2.55. The van der Waals surface area contributed by atoms with Gasteiger partial charge in [-0.05, 0) is 24.6 Å². The number of methoxy groups -OCH3 is 1. The Bertz CT molecular complexity index is 738. The Morgan fingerprint density at radius 1 is 1.18 bits per heavy atom. The van der Waals surface area contributed by atoms with Gasteiger partial charge in [-0.15, -0.1) is 0 Å². The van der Waals surface area contributed by atoms with E-state index in [0.29, 0.717) is 0 Å². The fourth-order valence-electron chi connectivity index (χ4n) is 2.76. The number of hydrogen-bond donors (Lipinski definition) is 0. The van der Waals surface area contributed by atoms with Gasteiger partial charge in [-0.3, -0.25) is 4.79 Å². The molecular weight excluding hydrogens is 276 g/mol. The Kier molecular flexibility index (Phi) is 3.67. The van der Waals surface area contributed by atoms with E-state index < -0.39 is 0 Å². The quantitative estimate of drug-likeness (QED) is 0.852. The van der Waals surface area contributed by atoms with Crippen LogP contribution in [0.15, 0.2) is 53.6 Å². The van der Waals surface area contributed by atoms with Crippen molar-refractivity contribution < 1.29 is 9.53 Å². The molecule has 0 aliphatic carbocycles. The lowest BCUT2D eigenvalue weighted by molar-refractivity contribution is -0.131. The number of rotatable bonds is 2. The zero-order valence-corrected chi connectivity index (χ0v) is 12.9. The molecule has 2 aromatic carbocycles. The van der Waals surface area contributed by atoms with Crippen LogP contribution in [0.5, 0.6) is 5.75 Å². The van der Waals surface area contributed by atoms with Crippen LogP contribution in [0.2, 0.25) is 0 Å². The van der Waals surface area contributed by atoms with Crippen LogP contribution in [-0.2, 0) is 4.79 Å². The van der Waals surface area contributed by atoms with Crippen LogP contribution in [0.3, 0.4) is 0 Å². The zero-order chi connectivity index (χ0) is 15.7. The first-order valence-electron chi connectivity index (χ1n) is 7.24. The molecule has 112 valence electrons. The van der Waals surface area contributed by atoms with Gasteiger partial charge in [0, 0.05) is 18.1 Å². The molecule has 2 aromatic rings. The van der Waals surface area contributed by atoms with Crippen molar-refractivity contribution in [3.8, 4) is 5.75 Å². The number of ether oxygens (including phenoxy) is 1. The van der Waals surface area contributed by atoms with Gasteiger partial charge < -0.3 is 4.74 Å². The highest BCUT2D eigenvalue weighted by atomic mass is 16.5. The number of carbonyl (C=O) groups excluding carboxylic acids is 1. The summed E-state index contributed by atoms with van der Waals surface area (Å²) in [4.78, 5) is 11.9. The molecule has 0 spiro atoms. The van der Waals surface area contributed by atoms with Gasteiger partial charge in [0.25, 0.3) is 0 Å². The molecular formula is C18H18N2O2. The van der Waals surface area contributed by atoms with Crippen molar-refractivity contribution in [2.24, 2.45) is 5.10 Å². The van der Waals surface area contributed by atoms with Crippen molar-refractivity contribution in [2.75, 3.05) is 7.11 Å². The number of fused-ring (bicyclic) bond motifs is 1. The monoisotopic (exact) mass is 294 g/mol. The second-order valence-electron chi connectivity index (χ2n) is 5.31. The van der Waals surface area contributed by atoms with Crippen molar-refractivity contribution in [1.29, 1.82) is 0 Å². The fraction of sp³-hybridized carbons (Fsp3) is 0.222. The van der Waals surface area contributed by atoms with E-state index in [1.807, 2.05) is 55.5 Å². The van der Waals surface area contributed by atoms with E-state index in [-0.39, 0.29) is 11.9 Å². The van der Waals surface area contributed by atoms with E-state index in [1.165, 1.54) is 11.9 Å². The summed E-state index contributed by atoms with van der Waals surface area (Å²) in [5, 5.41) is 6.13. The molecule has 4 nitrogen and oxygen atoms in total. The van der Waals surface area contributed by atoms with Crippen LogP contribution in [0.4, 0.5) is 0 Å². The van der Waals surface area contributed by atoms with Crippen molar-refractivity contribution in [3.63, 3.8) is 0 Å². The van der Waals surface area contributed by atoms with Crippen LogP contribution < -0.4 is 4.74 Å². The largest absolute Gasteiger partial charge is 0.497 e. The molecule has 3 rings (SSSR count). The lowest BCUT2D eigenvalue weighted by Crippen LogP contribution is -2.33. The molecule has 0 aromatic heterocycles. The van der Waals surface area contributed by atoms with Crippen LogP contribution >= 0.6 is 0 Å². The third kappa shape index (κ3) is 2.37. The van der Waals surface area contributed by atoms with Gasteiger partial charge in [-0.2, -0.15) is 5.10 Å². The van der Waals surface area contributed by atoms with Gasteiger partial charge in [-0.25, -0.2) is 5.01 Å². The maximum atomic E-state index is 11.9. The van der Waals surface area contributed by atoms with Gasteiger partial charge in [0.15, 0.2) is 0 Å². The van der Waals surface area contributed by atoms with Gasteiger partial charge in [-0.1, -0.05) is 36.4 Å². The average molecular weight is 294 g/mol. The van der Waals surface area contributed by atoms with E-state index in [0.717, 1.165) is 28.2 Å². The lowest BCUT2D eigenvalue weighted by atomic mass is 9.92. The van der Waals surface area contributed by atoms with E-state index in [1.54, 1.807) is 7.11 Å². The molecule has 0 fully saturated rings. The topological polar surface area (TPSA) is 41.9 Å². The second-order valence-corrected chi connectivity index (χ2v) is 5.31. The molecule has 1 aliphatic rings. The highest BCUT2D eigenvalue weighted by Gasteiger charge is 2.28. The van der Waals surface area contributed by atoms with Crippen LogP contribution in [0.1, 0.15) is 36.6 Å². The fourth-order valence-corrected chi connectivity index (χ4v) is 2.76. The number of hydrogen-bond acceptors (Lipinski definition) is 3. The Hall–Kier alpha value is -2.62. The third-order valence-corrected chi connectivity index (χ3v) is 3.91. The first-order valence-corrected chi connectivity index (χ1v) is 7.24. The normalized spacial score (nSPS) is 16.8. The van der Waals surface area contributed by atoms with Crippen molar-refractivity contribution in [1.82, 2.24) is 5.01 Å². The molecule has 22 heavy (non-hydrogen) atoms. The maximum absolute atomic E-state index is 11.9. The van der Waals surface area contributed by atoms with E-state index in [9.17, 15) is 4.79 Å².